The summed E-state index contributed by atoms with van der Waals surface area (Å²) >= 11 is 0. The highest BCUT2D eigenvalue weighted by atomic mass is 16.2. The Bertz CT molecular complexity index is 847. The average molecular weight is 396 g/mol. The lowest BCUT2D eigenvalue weighted by Gasteiger charge is -2.38. The van der Waals surface area contributed by atoms with E-state index in [-0.39, 0.29) is 11.3 Å². The summed E-state index contributed by atoms with van der Waals surface area (Å²) in [6, 6.07) is 9.13. The third kappa shape index (κ3) is 4.22. The van der Waals surface area contributed by atoms with Gasteiger partial charge in [0.1, 0.15) is 0 Å². The molecule has 1 aliphatic carbocycles. The minimum Gasteiger partial charge on any atom is -0.350 e. The van der Waals surface area contributed by atoms with Gasteiger partial charge in [-0.3, -0.25) is 4.79 Å². The molecule has 1 aromatic carbocycles. The molecule has 1 aromatic heterocycles. The van der Waals surface area contributed by atoms with Gasteiger partial charge in [0.2, 0.25) is 0 Å². The number of benzene rings is 1. The van der Waals surface area contributed by atoms with Crippen LogP contribution in [-0.4, -0.2) is 40.5 Å². The van der Waals surface area contributed by atoms with E-state index < -0.39 is 0 Å². The number of carbonyl (C=O) groups is 1. The van der Waals surface area contributed by atoms with E-state index in [2.05, 4.69) is 52.1 Å². The van der Waals surface area contributed by atoms with Crippen molar-refractivity contribution in [3.63, 3.8) is 0 Å². The molecule has 2 aliphatic rings. The minimum atomic E-state index is -0.0970. The van der Waals surface area contributed by atoms with Crippen LogP contribution in [0.2, 0.25) is 0 Å². The van der Waals surface area contributed by atoms with Crippen molar-refractivity contribution in [3.8, 4) is 0 Å². The molecule has 2 heterocycles. The van der Waals surface area contributed by atoms with Crippen LogP contribution in [0.5, 0.6) is 0 Å². The Balaban J connectivity index is 1.49. The van der Waals surface area contributed by atoms with Gasteiger partial charge in [-0.15, -0.1) is 5.10 Å². The summed E-state index contributed by atoms with van der Waals surface area (Å²) in [6.45, 7) is 6.75. The molecule has 0 unspecified atom stereocenters. The molecule has 1 saturated heterocycles. The molecule has 156 valence electrons. The number of hydrogen-bond donors (Lipinski definition) is 2. The normalized spacial score (nSPS) is 19.8. The number of nitrogens with one attached hydrogen (secondary N) is 2. The van der Waals surface area contributed by atoms with Gasteiger partial charge >= 0.3 is 0 Å². The lowest BCUT2D eigenvalue weighted by atomic mass is 9.69. The molecule has 29 heavy (non-hydrogen) atoms. The number of hydrogen-bond acceptors (Lipinski definition) is 4. The molecule has 6 nitrogen and oxygen atoms in total. The van der Waals surface area contributed by atoms with Crippen molar-refractivity contribution < 1.29 is 4.79 Å². The molecular formula is C23H33N5O. The van der Waals surface area contributed by atoms with Gasteiger partial charge in [0.05, 0.1) is 11.7 Å². The topological polar surface area (TPSA) is 71.8 Å². The number of aryl methyl sites for hydroxylation is 1. The third-order valence-electron chi connectivity index (χ3n) is 6.83. The van der Waals surface area contributed by atoms with Crippen molar-refractivity contribution in [2.45, 2.75) is 70.3 Å². The molecule has 2 fully saturated rings. The predicted octanol–water partition coefficient (Wildman–Crippen LogP) is 3.45. The van der Waals surface area contributed by atoms with Crippen LogP contribution >= 0.6 is 0 Å². The number of rotatable bonds is 5. The number of nitrogens with zero attached hydrogens (tertiary/aromatic N) is 3. The molecular weight excluding hydrogens is 362 g/mol. The predicted molar refractivity (Wildman–Crippen MR) is 114 cm³/mol. The highest BCUT2D eigenvalue weighted by Crippen LogP contribution is 2.39. The summed E-state index contributed by atoms with van der Waals surface area (Å²) in [4.78, 5) is 13.0. The lowest BCUT2D eigenvalue weighted by Crippen LogP contribution is -2.42. The average Bonchev–Trinajstić information content (AvgIpc) is 3.15. The van der Waals surface area contributed by atoms with E-state index in [0.717, 1.165) is 44.5 Å². The first-order valence-electron chi connectivity index (χ1n) is 11.1. The van der Waals surface area contributed by atoms with Crippen molar-refractivity contribution in [2.24, 2.45) is 0 Å². The summed E-state index contributed by atoms with van der Waals surface area (Å²) in [6.07, 6.45) is 8.02. The van der Waals surface area contributed by atoms with E-state index >= 15 is 0 Å². The Morgan fingerprint density at radius 1 is 1.21 bits per heavy atom. The fourth-order valence-electron chi connectivity index (χ4n) is 5.05. The number of carbonyl (C=O) groups excluding carboxylic acids is 1. The zero-order valence-electron chi connectivity index (χ0n) is 17.7. The summed E-state index contributed by atoms with van der Waals surface area (Å²) in [5.74, 6) is -0.0970. The molecule has 0 spiro atoms. The number of amides is 1. The SMILES string of the molecule is Cc1cccc(C2(CNC(=O)c3nnn(C4CCNCC4)c3C)CCCCC2)c1. The van der Waals surface area contributed by atoms with Gasteiger partial charge in [0.15, 0.2) is 5.69 Å². The highest BCUT2D eigenvalue weighted by molar-refractivity contribution is 5.93. The van der Waals surface area contributed by atoms with E-state index in [4.69, 9.17) is 0 Å². The molecule has 0 radical (unpaired) electrons. The lowest BCUT2D eigenvalue weighted by molar-refractivity contribution is 0.0931. The molecule has 0 bridgehead atoms. The highest BCUT2D eigenvalue weighted by Gasteiger charge is 2.35. The maximum atomic E-state index is 13.0. The van der Waals surface area contributed by atoms with E-state index in [9.17, 15) is 4.79 Å². The molecule has 4 rings (SSSR count). The number of piperidine rings is 1. The smallest absolute Gasteiger partial charge is 0.273 e. The van der Waals surface area contributed by atoms with E-state index in [1.807, 2.05) is 11.6 Å². The molecule has 6 heteroatoms. The maximum Gasteiger partial charge on any atom is 0.273 e. The van der Waals surface area contributed by atoms with Crippen molar-refractivity contribution in [3.05, 3.63) is 46.8 Å². The molecule has 2 N–H and O–H groups in total. The van der Waals surface area contributed by atoms with Crippen LogP contribution in [0.15, 0.2) is 24.3 Å². The summed E-state index contributed by atoms with van der Waals surface area (Å²) in [7, 11) is 0. The minimum absolute atomic E-state index is 0.0267. The van der Waals surface area contributed by atoms with Crippen molar-refractivity contribution in [2.75, 3.05) is 19.6 Å². The van der Waals surface area contributed by atoms with Crippen LogP contribution < -0.4 is 10.6 Å². The molecule has 2 aromatic rings. The summed E-state index contributed by atoms with van der Waals surface area (Å²) in [5, 5.41) is 15.2. The monoisotopic (exact) mass is 395 g/mol. The van der Waals surface area contributed by atoms with Gasteiger partial charge < -0.3 is 10.6 Å². The van der Waals surface area contributed by atoms with Gasteiger partial charge in [0.25, 0.3) is 5.91 Å². The third-order valence-corrected chi connectivity index (χ3v) is 6.83. The Morgan fingerprint density at radius 2 is 1.97 bits per heavy atom. The van der Waals surface area contributed by atoms with E-state index in [0.29, 0.717) is 18.3 Å². The first kappa shape index (κ1) is 20.1. The second-order valence-electron chi connectivity index (χ2n) is 8.84. The van der Waals surface area contributed by atoms with Gasteiger partial charge in [-0.25, -0.2) is 4.68 Å². The van der Waals surface area contributed by atoms with Gasteiger partial charge in [-0.2, -0.15) is 0 Å². The fraction of sp³-hybridized carbons (Fsp3) is 0.609. The van der Waals surface area contributed by atoms with Gasteiger partial charge in [-0.05, 0) is 58.2 Å². The molecule has 1 aliphatic heterocycles. The van der Waals surface area contributed by atoms with Gasteiger partial charge in [0, 0.05) is 12.0 Å². The fourth-order valence-corrected chi connectivity index (χ4v) is 5.05. The second kappa shape index (κ2) is 8.66. The second-order valence-corrected chi connectivity index (χ2v) is 8.84. The molecule has 0 atom stereocenters. The quantitative estimate of drug-likeness (QED) is 0.813. The van der Waals surface area contributed by atoms with E-state index in [1.54, 1.807) is 0 Å². The Morgan fingerprint density at radius 3 is 2.69 bits per heavy atom. The number of aromatic nitrogens is 3. The van der Waals surface area contributed by atoms with Crippen LogP contribution in [0.1, 0.15) is 78.3 Å². The van der Waals surface area contributed by atoms with Crippen LogP contribution in [-0.2, 0) is 5.41 Å². The van der Waals surface area contributed by atoms with Crippen molar-refractivity contribution in [1.29, 1.82) is 0 Å². The van der Waals surface area contributed by atoms with E-state index in [1.165, 1.54) is 30.4 Å². The Hall–Kier alpha value is -2.21. The largest absolute Gasteiger partial charge is 0.350 e. The van der Waals surface area contributed by atoms with Crippen molar-refractivity contribution in [1.82, 2.24) is 25.6 Å². The summed E-state index contributed by atoms with van der Waals surface area (Å²) in [5.41, 5.74) is 4.01. The standard InChI is InChI=1S/C23H33N5O/c1-17-7-6-8-19(15-17)23(11-4-3-5-12-23)16-25-22(29)21-18(2)28(27-26-21)20-9-13-24-14-10-20/h6-8,15,20,24H,3-5,9-14,16H2,1-2H3,(H,25,29). The Labute approximate surface area is 173 Å². The zero-order valence-corrected chi connectivity index (χ0v) is 17.7. The Kier molecular flexibility index (Phi) is 5.99. The zero-order chi connectivity index (χ0) is 20.3. The maximum absolute atomic E-state index is 13.0. The van der Waals surface area contributed by atoms with Crippen LogP contribution in [0.3, 0.4) is 0 Å². The summed E-state index contributed by atoms with van der Waals surface area (Å²) < 4.78 is 1.95. The van der Waals surface area contributed by atoms with Crippen molar-refractivity contribution >= 4 is 5.91 Å². The van der Waals surface area contributed by atoms with Gasteiger partial charge in [-0.1, -0.05) is 54.3 Å². The first-order valence-corrected chi connectivity index (χ1v) is 11.1. The molecule has 1 saturated carbocycles. The van der Waals surface area contributed by atoms with Crippen LogP contribution in [0.4, 0.5) is 0 Å². The first-order chi connectivity index (χ1) is 14.1. The van der Waals surface area contributed by atoms with Crippen LogP contribution in [0, 0.1) is 13.8 Å². The van der Waals surface area contributed by atoms with Crippen LogP contribution in [0.25, 0.3) is 0 Å². The molecule has 1 amide bonds.